The van der Waals surface area contributed by atoms with Gasteiger partial charge in [0.15, 0.2) is 46.5 Å². The first kappa shape index (κ1) is 98.0. The Balaban J connectivity index is 0.000000219. The fraction of sp³-hybridized carbons (Fsp3) is 0.382. The maximum atomic E-state index is 13.9. The molecule has 666 valence electrons. The largest absolute Gasteiger partial charge is 1.00 e. The SMILES string of the molecule is COc1ccc(COC(=O)C2=C(CCl)CSC3[C@H](CC(=O)/C(=N\OC(C)(C)C(=O)OC(C)(C)C)c4csc(N)n4)C(=O)N23)cc1.COc1ccc(COC(=O)C2=C(C[n+]3ccccc3)CSC3[C@H](CC(=O)C(=NCC(C)(C)C(=O)OC(C)(C)C)c4csc(N)n4)C(=O)N23)cc1.Cc1ccc(OP(Oc2ccc(N(C)C)cc2)Oc2ccc(N(C)C)cc2)cc1.[Cl-]. The molecule has 36 heteroatoms. The second-order valence-corrected chi connectivity index (χ2v) is 37.8. The second kappa shape index (κ2) is 43.4. The van der Waals surface area contributed by atoms with E-state index in [1.165, 1.54) is 58.1 Å². The van der Waals surface area contributed by atoms with Gasteiger partial charge < -0.3 is 80.5 Å². The number of alkyl halides is 1. The van der Waals surface area contributed by atoms with Crippen LogP contribution >= 0.6 is 66.4 Å². The number of rotatable bonds is 33. The van der Waals surface area contributed by atoms with Crippen molar-refractivity contribution in [1.82, 2.24) is 19.8 Å². The lowest BCUT2D eigenvalue weighted by atomic mass is 9.88. The Labute approximate surface area is 756 Å². The lowest BCUT2D eigenvalue weighted by Crippen LogP contribution is -3.00. The third-order valence-corrected chi connectivity index (χ3v) is 24.6. The number of β-lactam (4-membered cyclic amide) rings is 2. The van der Waals surface area contributed by atoms with Crippen LogP contribution in [0.2, 0.25) is 0 Å². The number of benzene rings is 5. The Morgan fingerprint density at radius 2 is 0.960 bits per heavy atom. The van der Waals surface area contributed by atoms with Gasteiger partial charge in [-0.3, -0.25) is 38.8 Å². The van der Waals surface area contributed by atoms with Crippen LogP contribution < -0.4 is 61.3 Å². The first-order chi connectivity index (χ1) is 58.7. The van der Waals surface area contributed by atoms with Crippen LogP contribution in [0, 0.1) is 24.2 Å². The van der Waals surface area contributed by atoms with E-state index in [4.69, 9.17) is 69.9 Å². The number of thiazole rings is 2. The number of ketones is 2. The summed E-state index contributed by atoms with van der Waals surface area (Å²) in [6.45, 7) is 19.2. The van der Waals surface area contributed by atoms with E-state index in [1.54, 1.807) is 124 Å². The number of halogens is 2. The quantitative estimate of drug-likeness (QED) is 0.00564. The first-order valence-corrected chi connectivity index (χ1v) is 44.9. The number of anilines is 4. The molecule has 0 saturated carbocycles. The Kier molecular flexibility index (Phi) is 34.0. The van der Waals surface area contributed by atoms with Gasteiger partial charge >= 0.3 is 32.5 Å². The third-order valence-electron chi connectivity index (χ3n) is 19.0. The number of hydrogen-bond donors (Lipinski definition) is 2. The molecule has 0 radical (unpaired) electrons. The van der Waals surface area contributed by atoms with Gasteiger partial charge in [-0.1, -0.05) is 53.2 Å². The lowest BCUT2D eigenvalue weighted by molar-refractivity contribution is -0.689. The maximum absolute atomic E-state index is 13.9. The van der Waals surface area contributed by atoms with Gasteiger partial charge in [0.25, 0.3) is 0 Å². The number of nitrogen functional groups attached to an aromatic ring is 2. The number of aliphatic imine (C=N–C) groups is 1. The van der Waals surface area contributed by atoms with E-state index in [9.17, 15) is 38.4 Å². The minimum absolute atomic E-state index is 0. The predicted octanol–water partition coefficient (Wildman–Crippen LogP) is 11.6. The number of aryl methyl sites for hydroxylation is 1. The van der Waals surface area contributed by atoms with Crippen LogP contribution in [0.25, 0.3) is 0 Å². The Morgan fingerprint density at radius 1 is 0.560 bits per heavy atom. The summed E-state index contributed by atoms with van der Waals surface area (Å²) in [5, 5.41) is 6.67. The van der Waals surface area contributed by atoms with E-state index in [1.807, 2.05) is 153 Å². The molecule has 8 aromatic rings. The molecular weight excluding hydrogens is 1740 g/mol. The van der Waals surface area contributed by atoms with Crippen molar-refractivity contribution in [2.75, 3.05) is 87.6 Å². The average Bonchev–Trinajstić information content (AvgIpc) is 1.00. The zero-order valence-electron chi connectivity index (χ0n) is 72.6. The number of thioether (sulfide) groups is 2. The number of methoxy groups -OCH3 is 2. The van der Waals surface area contributed by atoms with Gasteiger partial charge in [0.1, 0.15) is 81.7 Å². The molecule has 0 bridgehead atoms. The molecule has 4 N–H and O–H groups in total. The van der Waals surface area contributed by atoms with Gasteiger partial charge in [-0.25, -0.2) is 28.9 Å². The highest BCUT2D eigenvalue weighted by atomic mass is 35.5. The summed E-state index contributed by atoms with van der Waals surface area (Å²) in [5.74, 6) is -1.31. The number of carbonyl (C=O) groups excluding carboxylic acids is 8. The number of oxime groups is 1. The molecule has 4 aliphatic rings. The van der Waals surface area contributed by atoms with E-state index in [2.05, 4.69) is 20.1 Å². The normalized spacial score (nSPS) is 16.3. The lowest BCUT2D eigenvalue weighted by Gasteiger charge is -2.49. The van der Waals surface area contributed by atoms with Crippen molar-refractivity contribution < 1.29 is 102 Å². The van der Waals surface area contributed by atoms with Crippen LogP contribution in [0.4, 0.5) is 21.6 Å². The molecule has 5 aromatic carbocycles. The Bertz CT molecular complexity index is 5200. The minimum atomic E-state index is -1.68. The summed E-state index contributed by atoms with van der Waals surface area (Å²) in [7, 11) is 9.47. The number of aromatic nitrogens is 3. The van der Waals surface area contributed by atoms with Crippen LogP contribution in [0.1, 0.15) is 110 Å². The number of nitrogens with two attached hydrogens (primary N) is 2. The van der Waals surface area contributed by atoms with Crippen molar-refractivity contribution in [2.45, 2.75) is 136 Å². The Morgan fingerprint density at radius 3 is 1.37 bits per heavy atom. The third kappa shape index (κ3) is 26.6. The monoisotopic (exact) mass is 1840 g/mol. The van der Waals surface area contributed by atoms with Gasteiger partial charge in [0, 0.05) is 98.3 Å². The zero-order valence-corrected chi connectivity index (χ0v) is 78.3. The molecule has 4 aliphatic heterocycles. The predicted molar refractivity (Wildman–Crippen MR) is 483 cm³/mol. The smallest absolute Gasteiger partial charge is 0.530 e. The number of amides is 2. The van der Waals surface area contributed by atoms with E-state index in [0.717, 1.165) is 50.7 Å². The van der Waals surface area contributed by atoms with Crippen LogP contribution in [0.3, 0.4) is 0 Å². The van der Waals surface area contributed by atoms with Crippen LogP contribution in [-0.4, -0.2) is 172 Å². The number of nitrogens with zero attached hydrogens (tertiary/aromatic N) is 9. The fourth-order valence-corrected chi connectivity index (χ4v) is 17.5. The minimum Gasteiger partial charge on any atom is -1.00 e. The van der Waals surface area contributed by atoms with Crippen LogP contribution in [0.15, 0.2) is 195 Å². The number of hydrogen-bond acceptors (Lipinski definition) is 30. The van der Waals surface area contributed by atoms with Crippen molar-refractivity contribution in [2.24, 2.45) is 27.4 Å². The molecule has 0 aliphatic carbocycles. The summed E-state index contributed by atoms with van der Waals surface area (Å²) in [4.78, 5) is 133. The molecule has 125 heavy (non-hydrogen) atoms. The molecule has 4 atom stereocenters. The molecular formula is C89H104Cl2N11O18PS4. The van der Waals surface area contributed by atoms with Crippen LogP contribution in [0.5, 0.6) is 28.7 Å². The van der Waals surface area contributed by atoms with Gasteiger partial charge in [0.2, 0.25) is 17.4 Å². The van der Waals surface area contributed by atoms with Gasteiger partial charge in [0.05, 0.1) is 48.8 Å². The number of esters is 4. The first-order valence-electron chi connectivity index (χ1n) is 39.4. The summed E-state index contributed by atoms with van der Waals surface area (Å²) in [6.07, 6.45) is 3.37. The topological polar surface area (TPSA) is 348 Å². The van der Waals surface area contributed by atoms with E-state index < -0.39 is 94.8 Å². The van der Waals surface area contributed by atoms with E-state index in [0.29, 0.717) is 52.4 Å². The molecule has 2 amide bonds. The fourth-order valence-electron chi connectivity index (χ4n) is 12.3. The molecule has 2 fully saturated rings. The number of Topliss-reactive ketones (excluding diaryl/α,β-unsaturated/α-hetero) is 2. The number of fused-ring (bicyclic) bond motifs is 2. The van der Waals surface area contributed by atoms with Crippen molar-refractivity contribution in [3.63, 3.8) is 0 Å². The zero-order chi connectivity index (χ0) is 90.1. The van der Waals surface area contributed by atoms with Crippen LogP contribution in [-0.2, 0) is 81.9 Å². The number of carbonyl (C=O) groups is 8. The van der Waals surface area contributed by atoms with E-state index in [-0.39, 0.29) is 101 Å². The molecule has 7 heterocycles. The van der Waals surface area contributed by atoms with Gasteiger partial charge in [-0.05, 0) is 178 Å². The standard InChI is InChI=1S/C36H42N5O7S2.C30H35ClN4O8S2.C23H27N2O3P.ClH/c1-35(2,3)48-33(45)36(4,5)21-38-28(26-20-50-34(37)39-26)27(42)16-25-30(43)41-29(32(44)47-18-22-10-12-24(46-6)13-11-22)23(19-49-31(25)41)17-40-14-8-7-9-15-40;1-29(2,3)42-27(39)30(4,5)43-34-22(20-15-45-28(32)33-20)21(36)11-19-24(37)35-23(17(12-31)14-44-25(19)35)26(38)41-13-16-7-9-18(40-6)10-8-16;1-18-6-12-21(13-7-18)26-29(27-22-14-8-19(9-15-22)24(2)3)28-23-16-10-20(11-17-23)25(4)5;/h7-15,20,25,31H,16-19,21H2,1-6H3,(H2,37,39);7-10,15,19,25H,11-14H2,1-6H3,(H2,32,33);6-17H,1-5H3;1H/q+1;;;/p-1/b;34-22-;;/t25-,31?;19-,25?;;/m11../s1. The average molecular weight is 1850 g/mol. The van der Waals surface area contributed by atoms with Crippen molar-refractivity contribution in [1.29, 1.82) is 0 Å². The molecule has 0 spiro atoms. The number of pyridine rings is 1. The number of ether oxygens (including phenoxy) is 6. The molecule has 29 nitrogen and oxygen atoms in total. The maximum Gasteiger partial charge on any atom is 0.530 e. The second-order valence-electron chi connectivity index (χ2n) is 32.5. The highest BCUT2D eigenvalue weighted by Gasteiger charge is 2.56. The highest BCUT2D eigenvalue weighted by molar-refractivity contribution is 8.00. The van der Waals surface area contributed by atoms with Crippen molar-refractivity contribution >= 4 is 147 Å². The molecule has 3 aromatic heterocycles. The summed E-state index contributed by atoms with van der Waals surface area (Å²) in [6, 6.07) is 43.4. The van der Waals surface area contributed by atoms with Gasteiger partial charge in [-0.15, -0.1) is 57.8 Å². The summed E-state index contributed by atoms with van der Waals surface area (Å²) in [5.41, 5.74) is 14.4. The van der Waals surface area contributed by atoms with Gasteiger partial charge in [-0.2, -0.15) is 0 Å². The highest BCUT2D eigenvalue weighted by Crippen LogP contribution is 2.49. The van der Waals surface area contributed by atoms with Crippen molar-refractivity contribution in [3.05, 3.63) is 213 Å². The molecule has 2 unspecified atom stereocenters. The molecule has 2 saturated heterocycles. The van der Waals surface area contributed by atoms with E-state index >= 15 is 0 Å². The van der Waals surface area contributed by atoms with Crippen molar-refractivity contribution in [3.8, 4) is 28.7 Å². The summed E-state index contributed by atoms with van der Waals surface area (Å²) < 4.78 is 52.7. The summed E-state index contributed by atoms with van der Waals surface area (Å²) >= 11 is 11.3. The Hall–Kier alpha value is -10.8. The molecule has 12 rings (SSSR count).